The maximum Gasteiger partial charge on any atom is 0.303 e. The van der Waals surface area contributed by atoms with Gasteiger partial charge in [0.2, 0.25) is 6.41 Å². The Morgan fingerprint density at radius 1 is 1.63 bits per heavy atom. The zero-order valence-electron chi connectivity index (χ0n) is 11.0. The monoisotopic (exact) mass is 265 g/mol. The quantitative estimate of drug-likeness (QED) is 0.704. The van der Waals surface area contributed by atoms with E-state index in [9.17, 15) is 9.59 Å². The van der Waals surface area contributed by atoms with Crippen LogP contribution in [-0.4, -0.2) is 23.5 Å². The van der Waals surface area contributed by atoms with Gasteiger partial charge in [-0.3, -0.25) is 9.59 Å². The van der Waals surface area contributed by atoms with Crippen LogP contribution >= 0.6 is 0 Å². The molecule has 3 atom stereocenters. The summed E-state index contributed by atoms with van der Waals surface area (Å²) in [4.78, 5) is 21.1. The van der Waals surface area contributed by atoms with E-state index >= 15 is 0 Å². The van der Waals surface area contributed by atoms with Crippen molar-refractivity contribution in [2.75, 3.05) is 0 Å². The first-order valence-electron chi connectivity index (χ1n) is 6.60. The Morgan fingerprint density at radius 3 is 2.95 bits per heavy atom. The van der Waals surface area contributed by atoms with E-state index in [-0.39, 0.29) is 12.5 Å². The number of carboxylic acid groups (broad SMARTS) is 1. The predicted molar refractivity (Wildman–Crippen MR) is 68.8 cm³/mol. The number of furan rings is 1. The third kappa shape index (κ3) is 3.84. The minimum absolute atomic E-state index is 0.0404. The Hall–Kier alpha value is -1.78. The zero-order chi connectivity index (χ0) is 13.8. The summed E-state index contributed by atoms with van der Waals surface area (Å²) in [6.07, 6.45) is 2.76. The third-order valence-corrected chi connectivity index (χ3v) is 3.62. The molecule has 104 valence electrons. The Bertz CT molecular complexity index is 454. The second-order valence-electron chi connectivity index (χ2n) is 5.24. The molecule has 0 spiro atoms. The van der Waals surface area contributed by atoms with Crippen molar-refractivity contribution in [3.63, 3.8) is 0 Å². The average molecular weight is 265 g/mol. The number of nitrogens with one attached hydrogen (secondary N) is 1. The summed E-state index contributed by atoms with van der Waals surface area (Å²) in [7, 11) is 0. The predicted octanol–water partition coefficient (Wildman–Crippen LogP) is 1.92. The lowest BCUT2D eigenvalue weighted by atomic mass is 10.1. The molecular weight excluding hydrogens is 246 g/mol. The maximum atomic E-state index is 10.6. The molecule has 0 saturated heterocycles. The third-order valence-electron chi connectivity index (χ3n) is 3.62. The van der Waals surface area contributed by atoms with Crippen LogP contribution in [0.3, 0.4) is 0 Å². The molecule has 2 N–H and O–H groups in total. The summed E-state index contributed by atoms with van der Waals surface area (Å²) in [6, 6.07) is 3.71. The highest BCUT2D eigenvalue weighted by Gasteiger charge is 2.36. The number of aliphatic carboxylic acids is 1. The van der Waals surface area contributed by atoms with Crippen molar-refractivity contribution >= 4 is 12.4 Å². The first-order chi connectivity index (χ1) is 9.10. The van der Waals surface area contributed by atoms with Gasteiger partial charge in [-0.2, -0.15) is 0 Å². The second kappa shape index (κ2) is 5.91. The molecule has 3 unspecified atom stereocenters. The van der Waals surface area contributed by atoms with Crippen LogP contribution in [0.4, 0.5) is 0 Å². The lowest BCUT2D eigenvalue weighted by Crippen LogP contribution is -2.30. The molecule has 1 saturated carbocycles. The molecule has 0 radical (unpaired) electrons. The molecule has 0 aromatic carbocycles. The molecule has 1 amide bonds. The van der Waals surface area contributed by atoms with Crippen LogP contribution in [0, 0.1) is 5.92 Å². The fraction of sp³-hybridized carbons (Fsp3) is 0.571. The fourth-order valence-corrected chi connectivity index (χ4v) is 2.30. The Morgan fingerprint density at radius 2 is 2.37 bits per heavy atom. The van der Waals surface area contributed by atoms with E-state index < -0.39 is 5.97 Å². The van der Waals surface area contributed by atoms with Crippen molar-refractivity contribution in [1.29, 1.82) is 0 Å². The molecule has 0 bridgehead atoms. The highest BCUT2D eigenvalue weighted by atomic mass is 16.4. The van der Waals surface area contributed by atoms with E-state index in [1.54, 1.807) is 0 Å². The molecule has 19 heavy (non-hydrogen) atoms. The summed E-state index contributed by atoms with van der Waals surface area (Å²) < 4.78 is 5.76. The number of hydrogen-bond donors (Lipinski definition) is 2. The van der Waals surface area contributed by atoms with E-state index in [0.717, 1.165) is 11.5 Å². The van der Waals surface area contributed by atoms with E-state index in [1.807, 2.05) is 12.1 Å². The van der Waals surface area contributed by atoms with E-state index in [4.69, 9.17) is 9.52 Å². The highest BCUT2D eigenvalue weighted by molar-refractivity contribution is 5.66. The molecule has 5 heteroatoms. The normalized spacial score (nSPS) is 22.8. The van der Waals surface area contributed by atoms with Gasteiger partial charge in [-0.05, 0) is 30.9 Å². The SMILES string of the molecule is CC1CC1c1ccc(CC(CCC(=O)O)NC=O)o1. The Labute approximate surface area is 112 Å². The Balaban J connectivity index is 1.90. The molecule has 5 nitrogen and oxygen atoms in total. The number of carbonyl (C=O) groups excluding carboxylic acids is 1. The number of carbonyl (C=O) groups is 2. The topological polar surface area (TPSA) is 79.5 Å². The summed E-state index contributed by atoms with van der Waals surface area (Å²) in [5.74, 6) is 2.18. The van der Waals surface area contributed by atoms with Gasteiger partial charge in [0, 0.05) is 24.8 Å². The van der Waals surface area contributed by atoms with E-state index in [0.29, 0.717) is 31.1 Å². The number of rotatable bonds is 8. The van der Waals surface area contributed by atoms with Gasteiger partial charge in [-0.15, -0.1) is 0 Å². The first kappa shape index (κ1) is 13.6. The van der Waals surface area contributed by atoms with E-state index in [1.165, 1.54) is 6.42 Å². The van der Waals surface area contributed by atoms with Crippen molar-refractivity contribution < 1.29 is 19.1 Å². The van der Waals surface area contributed by atoms with Gasteiger partial charge < -0.3 is 14.8 Å². The van der Waals surface area contributed by atoms with Gasteiger partial charge >= 0.3 is 5.97 Å². The van der Waals surface area contributed by atoms with Crippen molar-refractivity contribution in [3.8, 4) is 0 Å². The van der Waals surface area contributed by atoms with Gasteiger partial charge in [-0.25, -0.2) is 0 Å². The largest absolute Gasteiger partial charge is 0.481 e. The Kier molecular flexibility index (Phi) is 4.24. The van der Waals surface area contributed by atoms with Crippen LogP contribution in [-0.2, 0) is 16.0 Å². The molecule has 2 rings (SSSR count). The van der Waals surface area contributed by atoms with Crippen molar-refractivity contribution in [3.05, 3.63) is 23.7 Å². The van der Waals surface area contributed by atoms with Crippen LogP contribution in [0.5, 0.6) is 0 Å². The van der Waals surface area contributed by atoms with Crippen molar-refractivity contribution in [2.24, 2.45) is 5.92 Å². The van der Waals surface area contributed by atoms with Crippen LogP contribution in [0.25, 0.3) is 0 Å². The fourth-order valence-electron chi connectivity index (χ4n) is 2.30. The van der Waals surface area contributed by atoms with Gasteiger partial charge in [0.1, 0.15) is 11.5 Å². The average Bonchev–Trinajstić information content (AvgIpc) is 2.90. The lowest BCUT2D eigenvalue weighted by Gasteiger charge is -2.13. The molecule has 0 aliphatic heterocycles. The number of hydrogen-bond acceptors (Lipinski definition) is 3. The summed E-state index contributed by atoms with van der Waals surface area (Å²) in [5.41, 5.74) is 0. The van der Waals surface area contributed by atoms with Crippen molar-refractivity contribution in [1.82, 2.24) is 5.32 Å². The molecule has 1 aromatic rings. The van der Waals surface area contributed by atoms with Gasteiger partial charge in [0.25, 0.3) is 0 Å². The van der Waals surface area contributed by atoms with Crippen LogP contribution in [0.2, 0.25) is 0 Å². The summed E-state index contributed by atoms with van der Waals surface area (Å²) in [5, 5.41) is 11.3. The first-order valence-corrected chi connectivity index (χ1v) is 6.60. The summed E-state index contributed by atoms with van der Waals surface area (Å²) in [6.45, 7) is 2.19. The van der Waals surface area contributed by atoms with Crippen LogP contribution in [0.15, 0.2) is 16.5 Å². The van der Waals surface area contributed by atoms with Crippen LogP contribution in [0.1, 0.15) is 43.6 Å². The van der Waals surface area contributed by atoms with Crippen molar-refractivity contribution in [2.45, 2.75) is 44.6 Å². The molecule has 1 aromatic heterocycles. The number of amides is 1. The van der Waals surface area contributed by atoms with Gasteiger partial charge in [0.05, 0.1) is 0 Å². The lowest BCUT2D eigenvalue weighted by molar-refractivity contribution is -0.137. The minimum Gasteiger partial charge on any atom is -0.481 e. The second-order valence-corrected chi connectivity index (χ2v) is 5.24. The molecule has 1 aliphatic carbocycles. The molecule has 1 fully saturated rings. The standard InChI is InChI=1S/C14H19NO4/c1-9-6-12(9)13-4-3-11(19-13)7-10(15-8-16)2-5-14(17)18/h3-4,8-10,12H,2,5-7H2,1H3,(H,15,16)(H,17,18). The molecule has 1 aliphatic rings. The van der Waals surface area contributed by atoms with Gasteiger partial charge in [0.15, 0.2) is 0 Å². The maximum absolute atomic E-state index is 10.6. The molecular formula is C14H19NO4. The van der Waals surface area contributed by atoms with E-state index in [2.05, 4.69) is 12.2 Å². The molecule has 1 heterocycles. The van der Waals surface area contributed by atoms with Gasteiger partial charge in [-0.1, -0.05) is 6.92 Å². The minimum atomic E-state index is -0.857. The highest BCUT2D eigenvalue weighted by Crippen LogP contribution is 2.47. The zero-order valence-corrected chi connectivity index (χ0v) is 11.0. The van der Waals surface area contributed by atoms with Crippen LogP contribution < -0.4 is 5.32 Å². The summed E-state index contributed by atoms with van der Waals surface area (Å²) >= 11 is 0. The number of carboxylic acids is 1. The smallest absolute Gasteiger partial charge is 0.303 e.